The number of piperazine rings is 1. The third kappa shape index (κ3) is 6.85. The Balaban J connectivity index is 0.000000173. The van der Waals surface area contributed by atoms with Crippen molar-refractivity contribution >= 4 is 40.0 Å². The lowest BCUT2D eigenvalue weighted by atomic mass is 9.96. The van der Waals surface area contributed by atoms with E-state index in [1.165, 1.54) is 30.3 Å². The number of carbonyl (C=O) groups excluding carboxylic acids is 2. The number of halogens is 2. The van der Waals surface area contributed by atoms with Crippen LogP contribution in [0, 0.1) is 11.6 Å². The number of nitrogens with zero attached hydrogens (tertiary/aromatic N) is 3. The molecule has 4 aromatic heterocycles. The van der Waals surface area contributed by atoms with Gasteiger partial charge in [-0.3, -0.25) is 9.59 Å². The van der Waals surface area contributed by atoms with E-state index >= 15 is 0 Å². The quantitative estimate of drug-likeness (QED) is 0.172. The Hall–Kier alpha value is -5.91. The summed E-state index contributed by atoms with van der Waals surface area (Å²) in [6, 6.07) is 19.3. The van der Waals surface area contributed by atoms with Crippen LogP contribution in [0.2, 0.25) is 0 Å². The number of aromatic carboxylic acids is 1. The number of furan rings is 2. The molecule has 2 amide bonds. The Morgan fingerprint density at radius 2 is 1.16 bits per heavy atom. The highest BCUT2D eigenvalue weighted by atomic mass is 19.1. The molecule has 284 valence electrons. The number of carboxylic acid groups (broad SMARTS) is 1. The number of aromatic nitrogens is 2. The Labute approximate surface area is 316 Å². The molecule has 12 heteroatoms. The predicted octanol–water partition coefficient (Wildman–Crippen LogP) is 9.06. The van der Waals surface area contributed by atoms with Crippen LogP contribution in [0.4, 0.5) is 8.78 Å². The van der Waals surface area contributed by atoms with Gasteiger partial charge in [-0.25, -0.2) is 23.5 Å². The monoisotopic (exact) mass is 748 g/mol. The zero-order valence-electron chi connectivity index (χ0n) is 30.3. The first-order chi connectivity index (χ1) is 25.6. The van der Waals surface area contributed by atoms with Gasteiger partial charge in [0.2, 0.25) is 11.7 Å². The van der Waals surface area contributed by atoms with E-state index in [-0.39, 0.29) is 53.2 Å². The zero-order chi connectivity index (χ0) is 38.2. The lowest BCUT2D eigenvalue weighted by Gasteiger charge is -2.40. The van der Waals surface area contributed by atoms with Gasteiger partial charge in [0.1, 0.15) is 28.2 Å². The first kappa shape index (κ1) is 37.4. The third-order valence-electron chi connectivity index (χ3n) is 11.1. The minimum Gasteiger partial charge on any atom is -0.475 e. The second-order valence-corrected chi connectivity index (χ2v) is 15.5. The summed E-state index contributed by atoms with van der Waals surface area (Å²) >= 11 is 0. The highest BCUT2D eigenvalue weighted by Gasteiger charge is 2.44. The van der Waals surface area contributed by atoms with Crippen LogP contribution >= 0.6 is 0 Å². The van der Waals surface area contributed by atoms with E-state index in [2.05, 4.69) is 24.1 Å². The minimum atomic E-state index is -1.11. The fraction of sp³-hybridized carbons (Fsp3) is 0.326. The number of carbonyl (C=O) groups is 3. The van der Waals surface area contributed by atoms with Crippen molar-refractivity contribution < 1.29 is 37.1 Å². The number of nitrogens with one attached hydrogen (secondary N) is 1. The van der Waals surface area contributed by atoms with E-state index in [1.54, 1.807) is 49.1 Å². The van der Waals surface area contributed by atoms with Crippen LogP contribution in [0.25, 0.3) is 44.7 Å². The number of carboxylic acids is 1. The van der Waals surface area contributed by atoms with Crippen LogP contribution in [-0.4, -0.2) is 56.4 Å². The highest BCUT2D eigenvalue weighted by Crippen LogP contribution is 2.52. The molecule has 5 heterocycles. The number of amides is 2. The molecule has 1 saturated heterocycles. The normalized spacial score (nSPS) is 17.5. The Morgan fingerprint density at radius 3 is 1.60 bits per heavy atom. The molecule has 0 unspecified atom stereocenters. The maximum atomic E-state index is 13.4. The molecule has 2 N–H and O–H groups in total. The summed E-state index contributed by atoms with van der Waals surface area (Å²) in [6.07, 6.45) is 4.10. The molecular formula is C43H42F2N4O6. The largest absolute Gasteiger partial charge is 0.475 e. The van der Waals surface area contributed by atoms with Crippen molar-refractivity contribution in [3.63, 3.8) is 0 Å². The van der Waals surface area contributed by atoms with Crippen molar-refractivity contribution in [1.29, 1.82) is 0 Å². The molecule has 2 saturated carbocycles. The first-order valence-corrected chi connectivity index (χ1v) is 17.9. The summed E-state index contributed by atoms with van der Waals surface area (Å²) < 4.78 is 38.1. The number of benzene rings is 2. The first-order valence-electron chi connectivity index (χ1n) is 17.9. The van der Waals surface area contributed by atoms with E-state index in [0.717, 1.165) is 47.9 Å². The number of pyridine rings is 2. The molecule has 6 aromatic rings. The molecule has 2 aliphatic carbocycles. The molecule has 0 bridgehead atoms. The van der Waals surface area contributed by atoms with Crippen LogP contribution in [0.3, 0.4) is 0 Å². The maximum Gasteiger partial charge on any atom is 0.371 e. The number of rotatable bonds is 6. The van der Waals surface area contributed by atoms with E-state index in [1.807, 2.05) is 12.1 Å². The van der Waals surface area contributed by atoms with Crippen molar-refractivity contribution in [2.75, 3.05) is 13.1 Å². The Morgan fingerprint density at radius 1 is 0.727 bits per heavy atom. The fourth-order valence-electron chi connectivity index (χ4n) is 6.99. The van der Waals surface area contributed by atoms with E-state index in [0.29, 0.717) is 46.7 Å². The van der Waals surface area contributed by atoms with Crippen molar-refractivity contribution in [3.05, 3.63) is 107 Å². The topological polar surface area (TPSA) is 139 Å². The molecular weight excluding hydrogens is 706 g/mol. The fourth-order valence-corrected chi connectivity index (χ4v) is 6.99. The van der Waals surface area contributed by atoms with Gasteiger partial charge in [0, 0.05) is 47.5 Å². The van der Waals surface area contributed by atoms with Gasteiger partial charge in [0.15, 0.2) is 16.9 Å². The van der Waals surface area contributed by atoms with Gasteiger partial charge in [-0.1, -0.05) is 21.3 Å². The van der Waals surface area contributed by atoms with Crippen LogP contribution in [0.5, 0.6) is 0 Å². The second kappa shape index (κ2) is 13.4. The maximum absolute atomic E-state index is 13.4. The average Bonchev–Trinajstić information content (AvgIpc) is 3.96. The van der Waals surface area contributed by atoms with Gasteiger partial charge in [-0.2, -0.15) is 0 Å². The van der Waals surface area contributed by atoms with Crippen LogP contribution in [0.1, 0.15) is 93.0 Å². The summed E-state index contributed by atoms with van der Waals surface area (Å²) in [5.74, 6) is -2.18. The zero-order valence-corrected chi connectivity index (χ0v) is 30.3. The third-order valence-corrected chi connectivity index (χ3v) is 11.1. The number of hydrogen-bond donors (Lipinski definition) is 2. The summed E-state index contributed by atoms with van der Waals surface area (Å²) in [6.45, 7) is 8.56. The second-order valence-electron chi connectivity index (χ2n) is 15.5. The van der Waals surface area contributed by atoms with Gasteiger partial charge in [-0.05, 0) is 111 Å². The van der Waals surface area contributed by atoms with Crippen molar-refractivity contribution in [2.45, 2.75) is 77.2 Å². The van der Waals surface area contributed by atoms with Gasteiger partial charge >= 0.3 is 5.97 Å². The summed E-state index contributed by atoms with van der Waals surface area (Å²) in [5.41, 5.74) is 6.22. The predicted molar refractivity (Wildman–Crippen MR) is 204 cm³/mol. The van der Waals surface area contributed by atoms with Gasteiger partial charge in [-0.15, -0.1) is 0 Å². The van der Waals surface area contributed by atoms with Crippen molar-refractivity contribution in [3.8, 4) is 22.5 Å². The summed E-state index contributed by atoms with van der Waals surface area (Å²) in [4.78, 5) is 47.5. The van der Waals surface area contributed by atoms with E-state index < -0.39 is 11.5 Å². The molecule has 3 fully saturated rings. The molecule has 0 radical (unpaired) electrons. The van der Waals surface area contributed by atoms with Gasteiger partial charge in [0.05, 0.1) is 11.4 Å². The molecule has 10 nitrogen and oxygen atoms in total. The van der Waals surface area contributed by atoms with Crippen LogP contribution in [-0.2, 0) is 15.6 Å². The molecule has 3 aliphatic rings. The summed E-state index contributed by atoms with van der Waals surface area (Å²) in [7, 11) is 0. The van der Waals surface area contributed by atoms with Gasteiger partial charge in [0.25, 0.3) is 5.91 Å². The standard InChI is InChI=1S/C24H24FN3O3.C18H14FNO3.CH4/c1-23(2)22(30)26-10-11-28(23)21(29)19-13-18-20(31-19)16(24(3)8-9-24)12-17(27-18)14-4-6-15(25)7-5-14;1-18(6-7-18)12-8-13(10-2-4-11(19)5-3-10)20-14-9-15(17(21)22)23-16(12)14;/h4-7,12-13H,8-11H2,1-3H3,(H,26,30);2-5,8-9H,6-7H2,1H3,(H,21,22);1H4. The SMILES string of the molecule is C.CC1(c2cc(-c3ccc(F)cc3)nc3cc(C(=O)N4CCNC(=O)C4(C)C)oc23)CC1.CC1(c2cc(-c3ccc(F)cc3)nc3cc(C(=O)O)oc23)CC1. The van der Waals surface area contributed by atoms with E-state index in [9.17, 15) is 23.2 Å². The van der Waals surface area contributed by atoms with Crippen molar-refractivity contribution in [1.82, 2.24) is 20.2 Å². The molecule has 55 heavy (non-hydrogen) atoms. The smallest absolute Gasteiger partial charge is 0.371 e. The lowest BCUT2D eigenvalue weighted by Crippen LogP contribution is -2.63. The summed E-state index contributed by atoms with van der Waals surface area (Å²) in [5, 5.41) is 11.9. The van der Waals surface area contributed by atoms with Gasteiger partial charge < -0.3 is 24.2 Å². The number of fused-ring (bicyclic) bond motifs is 2. The highest BCUT2D eigenvalue weighted by molar-refractivity contribution is 6.00. The lowest BCUT2D eigenvalue weighted by molar-refractivity contribution is -0.133. The van der Waals surface area contributed by atoms with Crippen LogP contribution in [0.15, 0.2) is 81.6 Å². The van der Waals surface area contributed by atoms with Crippen LogP contribution < -0.4 is 5.32 Å². The molecule has 2 aromatic carbocycles. The van der Waals surface area contributed by atoms with Crippen molar-refractivity contribution in [2.24, 2.45) is 0 Å². The average molecular weight is 749 g/mol. The van der Waals surface area contributed by atoms with E-state index in [4.69, 9.17) is 18.9 Å². The molecule has 1 aliphatic heterocycles. The minimum absolute atomic E-state index is 0. The Kier molecular flexibility index (Phi) is 9.14. The number of hydrogen-bond acceptors (Lipinski definition) is 7. The molecule has 0 spiro atoms. The Bertz CT molecular complexity index is 2480. The molecule has 0 atom stereocenters. The molecule has 9 rings (SSSR count).